The zero-order valence-electron chi connectivity index (χ0n) is 12.8. The van der Waals surface area contributed by atoms with E-state index in [0.29, 0.717) is 17.4 Å². The van der Waals surface area contributed by atoms with Crippen molar-refractivity contribution in [3.05, 3.63) is 24.3 Å². The van der Waals surface area contributed by atoms with E-state index in [1.807, 2.05) is 19.1 Å². The predicted octanol–water partition coefficient (Wildman–Crippen LogP) is 3.01. The Kier molecular flexibility index (Phi) is 6.91. The SMILES string of the molecule is COc1ccccc1OCC(=O)NC(C)CCC(C)C. The van der Waals surface area contributed by atoms with Crippen molar-refractivity contribution in [2.24, 2.45) is 5.92 Å². The lowest BCUT2D eigenvalue weighted by Crippen LogP contribution is -2.36. The maximum Gasteiger partial charge on any atom is 0.258 e. The lowest BCUT2D eigenvalue weighted by molar-refractivity contribution is -0.123. The van der Waals surface area contributed by atoms with Gasteiger partial charge >= 0.3 is 0 Å². The molecule has 1 N–H and O–H groups in total. The van der Waals surface area contributed by atoms with Gasteiger partial charge in [-0.1, -0.05) is 26.0 Å². The van der Waals surface area contributed by atoms with Gasteiger partial charge in [-0.2, -0.15) is 0 Å². The van der Waals surface area contributed by atoms with Crippen LogP contribution < -0.4 is 14.8 Å². The molecule has 0 aliphatic carbocycles. The number of nitrogens with one attached hydrogen (secondary N) is 1. The van der Waals surface area contributed by atoms with E-state index in [2.05, 4.69) is 19.2 Å². The number of para-hydroxylation sites is 2. The van der Waals surface area contributed by atoms with E-state index in [1.54, 1.807) is 19.2 Å². The summed E-state index contributed by atoms with van der Waals surface area (Å²) in [6, 6.07) is 7.47. The Bertz CT molecular complexity index is 418. The van der Waals surface area contributed by atoms with Crippen molar-refractivity contribution in [3.8, 4) is 11.5 Å². The Labute approximate surface area is 121 Å². The molecule has 4 heteroatoms. The highest BCUT2D eigenvalue weighted by molar-refractivity contribution is 5.77. The van der Waals surface area contributed by atoms with Gasteiger partial charge in [-0.15, -0.1) is 0 Å². The highest BCUT2D eigenvalue weighted by atomic mass is 16.5. The predicted molar refractivity (Wildman–Crippen MR) is 80.2 cm³/mol. The number of rotatable bonds is 8. The molecule has 1 aromatic rings. The average Bonchev–Trinajstić information content (AvgIpc) is 2.43. The molecule has 1 aromatic carbocycles. The van der Waals surface area contributed by atoms with Crippen LogP contribution in [-0.2, 0) is 4.79 Å². The normalized spacial score (nSPS) is 12.1. The van der Waals surface area contributed by atoms with E-state index in [1.165, 1.54) is 0 Å². The third-order valence-corrected chi connectivity index (χ3v) is 3.01. The maximum atomic E-state index is 11.8. The number of hydrogen-bond donors (Lipinski definition) is 1. The highest BCUT2D eigenvalue weighted by Gasteiger charge is 2.10. The number of methoxy groups -OCH3 is 1. The lowest BCUT2D eigenvalue weighted by Gasteiger charge is -2.16. The molecular weight excluding hydrogens is 254 g/mol. The first-order valence-corrected chi connectivity index (χ1v) is 7.08. The van der Waals surface area contributed by atoms with Crippen LogP contribution in [0, 0.1) is 5.92 Å². The lowest BCUT2D eigenvalue weighted by atomic mass is 10.0. The second kappa shape index (κ2) is 8.46. The van der Waals surface area contributed by atoms with Gasteiger partial charge in [0.25, 0.3) is 5.91 Å². The van der Waals surface area contributed by atoms with Gasteiger partial charge in [0.15, 0.2) is 18.1 Å². The second-order valence-corrected chi connectivity index (χ2v) is 5.38. The van der Waals surface area contributed by atoms with Gasteiger partial charge in [0, 0.05) is 6.04 Å². The summed E-state index contributed by atoms with van der Waals surface area (Å²) in [5, 5.41) is 2.94. The summed E-state index contributed by atoms with van der Waals surface area (Å²) in [5.41, 5.74) is 0. The van der Waals surface area contributed by atoms with Crippen LogP contribution in [0.1, 0.15) is 33.6 Å². The van der Waals surface area contributed by atoms with Crippen LogP contribution in [0.15, 0.2) is 24.3 Å². The Hall–Kier alpha value is -1.71. The van der Waals surface area contributed by atoms with E-state index < -0.39 is 0 Å². The topological polar surface area (TPSA) is 47.6 Å². The van der Waals surface area contributed by atoms with Crippen molar-refractivity contribution in [2.75, 3.05) is 13.7 Å². The second-order valence-electron chi connectivity index (χ2n) is 5.38. The van der Waals surface area contributed by atoms with Crippen molar-refractivity contribution in [1.29, 1.82) is 0 Å². The minimum atomic E-state index is -0.104. The minimum Gasteiger partial charge on any atom is -0.493 e. The van der Waals surface area contributed by atoms with Gasteiger partial charge in [0.2, 0.25) is 0 Å². The summed E-state index contributed by atoms with van der Waals surface area (Å²) >= 11 is 0. The molecule has 1 unspecified atom stereocenters. The van der Waals surface area contributed by atoms with Gasteiger partial charge < -0.3 is 14.8 Å². The minimum absolute atomic E-state index is 0.00634. The van der Waals surface area contributed by atoms with Crippen LogP contribution in [0.2, 0.25) is 0 Å². The molecule has 112 valence electrons. The van der Waals surface area contributed by atoms with Gasteiger partial charge in [-0.05, 0) is 37.8 Å². The molecule has 0 saturated carbocycles. The Morgan fingerprint density at radius 2 is 1.80 bits per heavy atom. The first-order chi connectivity index (χ1) is 9.52. The van der Waals surface area contributed by atoms with Crippen LogP contribution in [-0.4, -0.2) is 25.7 Å². The number of carbonyl (C=O) groups is 1. The van der Waals surface area contributed by atoms with Gasteiger partial charge in [0.05, 0.1) is 7.11 Å². The Morgan fingerprint density at radius 1 is 1.15 bits per heavy atom. The van der Waals surface area contributed by atoms with Gasteiger partial charge in [0.1, 0.15) is 0 Å². The van der Waals surface area contributed by atoms with Crippen molar-refractivity contribution < 1.29 is 14.3 Å². The molecule has 0 radical (unpaired) electrons. The zero-order valence-corrected chi connectivity index (χ0v) is 12.8. The van der Waals surface area contributed by atoms with E-state index in [4.69, 9.17) is 9.47 Å². The molecule has 0 spiro atoms. The highest BCUT2D eigenvalue weighted by Crippen LogP contribution is 2.25. The van der Waals surface area contributed by atoms with E-state index in [0.717, 1.165) is 12.8 Å². The number of hydrogen-bond acceptors (Lipinski definition) is 3. The molecule has 0 saturated heterocycles. The molecule has 0 fully saturated rings. The standard InChI is InChI=1S/C16H25NO3/c1-12(2)9-10-13(3)17-16(18)11-20-15-8-6-5-7-14(15)19-4/h5-8,12-13H,9-11H2,1-4H3,(H,17,18). The summed E-state index contributed by atoms with van der Waals surface area (Å²) in [7, 11) is 1.58. The molecule has 0 bridgehead atoms. The molecule has 4 nitrogen and oxygen atoms in total. The van der Waals surface area contributed by atoms with E-state index >= 15 is 0 Å². The summed E-state index contributed by atoms with van der Waals surface area (Å²) in [5.74, 6) is 1.76. The van der Waals surface area contributed by atoms with Crippen molar-refractivity contribution in [1.82, 2.24) is 5.32 Å². The van der Waals surface area contributed by atoms with Crippen LogP contribution in [0.25, 0.3) is 0 Å². The summed E-state index contributed by atoms with van der Waals surface area (Å²) in [6.07, 6.45) is 2.09. The molecule has 0 aromatic heterocycles. The quantitative estimate of drug-likeness (QED) is 0.795. The van der Waals surface area contributed by atoms with Gasteiger partial charge in [-0.3, -0.25) is 4.79 Å². The molecule has 1 amide bonds. The van der Waals surface area contributed by atoms with Crippen LogP contribution >= 0.6 is 0 Å². The fourth-order valence-electron chi connectivity index (χ4n) is 1.85. The van der Waals surface area contributed by atoms with Crippen molar-refractivity contribution in [2.45, 2.75) is 39.7 Å². The summed E-state index contributed by atoms with van der Waals surface area (Å²) in [6.45, 7) is 6.38. The smallest absolute Gasteiger partial charge is 0.258 e. The third kappa shape index (κ3) is 5.95. The number of amides is 1. The van der Waals surface area contributed by atoms with Crippen LogP contribution in [0.5, 0.6) is 11.5 Å². The molecule has 1 atom stereocenters. The first kappa shape index (κ1) is 16.3. The average molecular weight is 279 g/mol. The van der Waals surface area contributed by atoms with Crippen molar-refractivity contribution >= 4 is 5.91 Å². The van der Waals surface area contributed by atoms with Gasteiger partial charge in [-0.25, -0.2) is 0 Å². The van der Waals surface area contributed by atoms with Crippen molar-refractivity contribution in [3.63, 3.8) is 0 Å². The molecule has 1 rings (SSSR count). The molecule has 0 aliphatic heterocycles. The number of benzene rings is 1. The first-order valence-electron chi connectivity index (χ1n) is 7.08. The molecule has 20 heavy (non-hydrogen) atoms. The Morgan fingerprint density at radius 3 is 2.40 bits per heavy atom. The summed E-state index contributed by atoms with van der Waals surface area (Å²) < 4.78 is 10.6. The maximum absolute atomic E-state index is 11.8. The fourth-order valence-corrected chi connectivity index (χ4v) is 1.85. The largest absolute Gasteiger partial charge is 0.493 e. The van der Waals surface area contributed by atoms with Crippen LogP contribution in [0.3, 0.4) is 0 Å². The number of carbonyl (C=O) groups excluding carboxylic acids is 1. The monoisotopic (exact) mass is 279 g/mol. The van der Waals surface area contributed by atoms with E-state index in [-0.39, 0.29) is 18.6 Å². The molecule has 0 heterocycles. The molecule has 0 aliphatic rings. The zero-order chi connectivity index (χ0) is 15.0. The third-order valence-electron chi connectivity index (χ3n) is 3.01. The Balaban J connectivity index is 2.36. The number of ether oxygens (including phenoxy) is 2. The fraction of sp³-hybridized carbons (Fsp3) is 0.562. The molecular formula is C16H25NO3. The van der Waals surface area contributed by atoms with Crippen LogP contribution in [0.4, 0.5) is 0 Å². The summed E-state index contributed by atoms with van der Waals surface area (Å²) in [4.78, 5) is 11.8. The van der Waals surface area contributed by atoms with E-state index in [9.17, 15) is 4.79 Å².